The van der Waals surface area contributed by atoms with Crippen molar-refractivity contribution in [2.45, 2.75) is 4.90 Å². The number of carbonyl (C=O) groups is 1. The van der Waals surface area contributed by atoms with Gasteiger partial charge in [-0.25, -0.2) is 18.1 Å². The van der Waals surface area contributed by atoms with Crippen LogP contribution in [0.2, 0.25) is 5.02 Å². The minimum atomic E-state index is -3.47. The Morgan fingerprint density at radius 1 is 1.25 bits per heavy atom. The topological polar surface area (TPSA) is 106 Å². The molecule has 0 spiro atoms. The lowest BCUT2D eigenvalue weighted by Gasteiger charge is -2.09. The molecule has 11 heteroatoms. The number of rotatable bonds is 6. The summed E-state index contributed by atoms with van der Waals surface area (Å²) < 4.78 is 26.6. The molecule has 3 rings (SSSR count). The van der Waals surface area contributed by atoms with Gasteiger partial charge >= 0.3 is 0 Å². The van der Waals surface area contributed by atoms with Crippen molar-refractivity contribution in [3.05, 3.63) is 59.5 Å². The van der Waals surface area contributed by atoms with E-state index in [1.807, 2.05) is 18.4 Å². The third-order valence-corrected chi connectivity index (χ3v) is 5.07. The predicted octanol–water partition coefficient (Wildman–Crippen LogP) is 3.27. The molecule has 8 nitrogen and oxygen atoms in total. The number of hydrogen-bond acceptors (Lipinski definition) is 6. The van der Waals surface area contributed by atoms with Crippen molar-refractivity contribution in [1.82, 2.24) is 14.8 Å². The molecule has 146 valence electrons. The summed E-state index contributed by atoms with van der Waals surface area (Å²) >= 11 is 7.54. The van der Waals surface area contributed by atoms with Crippen molar-refractivity contribution in [3.8, 4) is 5.82 Å². The fraction of sp³-hybridized carbons (Fsp3) is 0.118. The Kier molecular flexibility index (Phi) is 5.92. The molecule has 0 aliphatic heterocycles. The lowest BCUT2D eigenvalue weighted by Crippen LogP contribution is -2.13. The molecule has 0 fully saturated rings. The molecule has 0 radical (unpaired) electrons. The normalized spacial score (nSPS) is 11.2. The third-order valence-electron chi connectivity index (χ3n) is 3.49. The second-order valence-electron chi connectivity index (χ2n) is 5.76. The summed E-state index contributed by atoms with van der Waals surface area (Å²) in [6.45, 7) is 0. The van der Waals surface area contributed by atoms with Crippen molar-refractivity contribution in [1.29, 1.82) is 0 Å². The molecular weight excluding hydrogens is 422 g/mol. The second-order valence-corrected chi connectivity index (χ2v) is 8.79. The van der Waals surface area contributed by atoms with E-state index in [4.69, 9.17) is 11.6 Å². The minimum absolute atomic E-state index is 0.249. The highest BCUT2D eigenvalue weighted by Gasteiger charge is 2.13. The van der Waals surface area contributed by atoms with Gasteiger partial charge in [-0.2, -0.15) is 5.10 Å². The molecule has 0 aliphatic carbocycles. The number of nitrogens with zero attached hydrogens (tertiary/aromatic N) is 3. The van der Waals surface area contributed by atoms with Crippen LogP contribution in [-0.4, -0.2) is 41.6 Å². The first kappa shape index (κ1) is 20.2. The summed E-state index contributed by atoms with van der Waals surface area (Å²) in [7, 11) is -3.47. The van der Waals surface area contributed by atoms with Crippen molar-refractivity contribution in [2.75, 3.05) is 22.6 Å². The Bertz CT molecular complexity index is 1130. The zero-order valence-electron chi connectivity index (χ0n) is 14.9. The number of amides is 1. The van der Waals surface area contributed by atoms with E-state index < -0.39 is 15.9 Å². The molecule has 28 heavy (non-hydrogen) atoms. The molecule has 0 saturated carbocycles. The Hall–Kier alpha value is -2.56. The van der Waals surface area contributed by atoms with Crippen LogP contribution >= 0.6 is 23.4 Å². The molecule has 0 bridgehead atoms. The number of benzene rings is 1. The van der Waals surface area contributed by atoms with Crippen molar-refractivity contribution < 1.29 is 13.2 Å². The van der Waals surface area contributed by atoms with E-state index in [-0.39, 0.29) is 10.7 Å². The smallest absolute Gasteiger partial charge is 0.258 e. The number of hydrogen-bond donors (Lipinski definition) is 2. The van der Waals surface area contributed by atoms with Crippen LogP contribution in [0, 0.1) is 0 Å². The summed E-state index contributed by atoms with van der Waals surface area (Å²) in [6, 6.07) is 8.17. The Morgan fingerprint density at radius 3 is 2.71 bits per heavy atom. The highest BCUT2D eigenvalue weighted by atomic mass is 35.5. The number of nitrogens with one attached hydrogen (secondary N) is 2. The Morgan fingerprint density at radius 2 is 2.00 bits per heavy atom. The Labute approximate surface area is 171 Å². The largest absolute Gasteiger partial charge is 0.322 e. The molecule has 2 aromatic heterocycles. The first-order chi connectivity index (χ1) is 13.2. The summed E-state index contributed by atoms with van der Waals surface area (Å²) in [5.74, 6) is 0.205. The van der Waals surface area contributed by atoms with E-state index >= 15 is 0 Å². The molecule has 0 saturated heterocycles. The molecule has 2 N–H and O–H groups in total. The van der Waals surface area contributed by atoms with E-state index in [0.29, 0.717) is 17.1 Å². The van der Waals surface area contributed by atoms with Crippen molar-refractivity contribution in [3.63, 3.8) is 0 Å². The third kappa shape index (κ3) is 5.03. The van der Waals surface area contributed by atoms with Crippen molar-refractivity contribution >= 4 is 50.7 Å². The van der Waals surface area contributed by atoms with Gasteiger partial charge in [-0.05, 0) is 36.6 Å². The molecule has 0 aliphatic rings. The van der Waals surface area contributed by atoms with Gasteiger partial charge in [0.25, 0.3) is 5.91 Å². The van der Waals surface area contributed by atoms with Gasteiger partial charge < -0.3 is 5.32 Å². The predicted molar refractivity (Wildman–Crippen MR) is 111 cm³/mol. The number of anilines is 2. The second kappa shape index (κ2) is 8.21. The van der Waals surface area contributed by atoms with Crippen LogP contribution in [0.3, 0.4) is 0 Å². The standard InChI is InChI=1S/C17H16ClN5O3S2/c1-27-15-4-3-5-19-16(15)23-10-11(9-20-23)17(24)21-13-6-12(18)7-14(8-13)22-28(2,25)26/h3-10,22H,1-2H3,(H,21,24). The van der Waals surface area contributed by atoms with Gasteiger partial charge in [-0.15, -0.1) is 11.8 Å². The average Bonchev–Trinajstić information content (AvgIpc) is 3.09. The summed E-state index contributed by atoms with van der Waals surface area (Å²) in [6.07, 6.45) is 7.60. The number of sulfonamides is 1. The Balaban J connectivity index is 1.82. The summed E-state index contributed by atoms with van der Waals surface area (Å²) in [5.41, 5.74) is 0.911. The molecule has 2 heterocycles. The van der Waals surface area contributed by atoms with E-state index in [9.17, 15) is 13.2 Å². The number of halogens is 1. The quantitative estimate of drug-likeness (QED) is 0.573. The first-order valence-electron chi connectivity index (χ1n) is 7.89. The van der Waals surface area contributed by atoms with Crippen molar-refractivity contribution in [2.24, 2.45) is 0 Å². The van der Waals surface area contributed by atoms with Gasteiger partial charge in [0.15, 0.2) is 5.82 Å². The SMILES string of the molecule is CSc1cccnc1-n1cc(C(=O)Nc2cc(Cl)cc(NS(C)(=O)=O)c2)cn1. The van der Waals surface area contributed by atoms with E-state index in [0.717, 1.165) is 11.2 Å². The van der Waals surface area contributed by atoms with Gasteiger partial charge in [0.1, 0.15) is 0 Å². The molecular formula is C17H16ClN5O3S2. The van der Waals surface area contributed by atoms with Crippen LogP contribution in [0.5, 0.6) is 0 Å². The van der Waals surface area contributed by atoms with E-state index in [2.05, 4.69) is 20.1 Å². The van der Waals surface area contributed by atoms with Crippen LogP contribution in [0.25, 0.3) is 5.82 Å². The molecule has 0 unspecified atom stereocenters. The maximum absolute atomic E-state index is 12.5. The lowest BCUT2D eigenvalue weighted by molar-refractivity contribution is 0.102. The molecule has 1 aromatic carbocycles. The van der Waals surface area contributed by atoms with E-state index in [1.165, 1.54) is 40.8 Å². The average molecular weight is 438 g/mol. The fourth-order valence-electron chi connectivity index (χ4n) is 2.41. The van der Waals surface area contributed by atoms with Crippen LogP contribution < -0.4 is 10.0 Å². The van der Waals surface area contributed by atoms with Crippen LogP contribution in [0.15, 0.2) is 53.8 Å². The zero-order valence-corrected chi connectivity index (χ0v) is 17.3. The monoisotopic (exact) mass is 437 g/mol. The number of thioether (sulfide) groups is 1. The molecule has 1 amide bonds. The van der Waals surface area contributed by atoms with E-state index in [1.54, 1.807) is 12.4 Å². The number of carbonyl (C=O) groups excluding carboxylic acids is 1. The van der Waals surface area contributed by atoms with Crippen LogP contribution in [0.1, 0.15) is 10.4 Å². The zero-order chi connectivity index (χ0) is 20.3. The summed E-state index contributed by atoms with van der Waals surface area (Å²) in [4.78, 5) is 17.8. The van der Waals surface area contributed by atoms with Gasteiger partial charge in [0.2, 0.25) is 10.0 Å². The first-order valence-corrected chi connectivity index (χ1v) is 11.4. The van der Waals surface area contributed by atoms with Gasteiger partial charge in [0, 0.05) is 23.1 Å². The number of pyridine rings is 1. The highest BCUT2D eigenvalue weighted by Crippen LogP contribution is 2.24. The summed E-state index contributed by atoms with van der Waals surface area (Å²) in [5, 5.41) is 7.16. The van der Waals surface area contributed by atoms with Gasteiger partial charge in [-0.3, -0.25) is 9.52 Å². The highest BCUT2D eigenvalue weighted by molar-refractivity contribution is 7.98. The van der Waals surface area contributed by atoms with Gasteiger partial charge in [-0.1, -0.05) is 11.6 Å². The van der Waals surface area contributed by atoms with Gasteiger partial charge in [0.05, 0.1) is 28.6 Å². The maximum atomic E-state index is 12.5. The maximum Gasteiger partial charge on any atom is 0.258 e. The minimum Gasteiger partial charge on any atom is -0.322 e. The van der Waals surface area contributed by atoms with Crippen LogP contribution in [-0.2, 0) is 10.0 Å². The molecule has 0 atom stereocenters. The lowest BCUT2D eigenvalue weighted by atomic mass is 10.2. The fourth-order valence-corrected chi connectivity index (χ4v) is 3.73. The number of aromatic nitrogens is 3. The molecule has 3 aromatic rings. The van der Waals surface area contributed by atoms with Crippen LogP contribution in [0.4, 0.5) is 11.4 Å².